The van der Waals surface area contributed by atoms with Gasteiger partial charge in [-0.3, -0.25) is 13.9 Å². The van der Waals surface area contributed by atoms with Crippen LogP contribution in [0.3, 0.4) is 0 Å². The third-order valence-electron chi connectivity index (χ3n) is 7.60. The molecule has 1 unspecified atom stereocenters. The van der Waals surface area contributed by atoms with E-state index >= 15 is 0 Å². The molecule has 4 N–H and O–H groups in total. The largest absolute Gasteiger partial charge is 0.408 e. The second-order valence-electron chi connectivity index (χ2n) is 11.8. The Morgan fingerprint density at radius 2 is 1.91 bits per heavy atom. The number of anilines is 1. The first-order valence-corrected chi connectivity index (χ1v) is 19.7. The normalized spacial score (nSPS) is 21.5. The van der Waals surface area contributed by atoms with Gasteiger partial charge in [0.05, 0.1) is 38.1 Å². The fourth-order valence-electron chi connectivity index (χ4n) is 4.37. The first kappa shape index (κ1) is 35.0. The SMILES string of the molecule is CC(C)(C)[Si](C)(C)O[C@@H]1[C@H](NP(=O)(O)O)[C@@H](CO[PH](=O)OCCC#N)O[C@H]1n1cnc2c(NC(=O)c3ccccc3)ncnc21. The molecule has 2 aromatic heterocycles. The number of carbonyl (C=O) groups is 1. The topological polar surface area (TPSA) is 220 Å². The van der Waals surface area contributed by atoms with Gasteiger partial charge in [0.2, 0.25) is 0 Å². The number of imidazole rings is 1. The minimum Gasteiger partial charge on any atom is -0.408 e. The van der Waals surface area contributed by atoms with Crippen molar-refractivity contribution in [3.05, 3.63) is 48.5 Å². The number of fused-ring (bicyclic) bond motifs is 1. The minimum atomic E-state index is -4.85. The van der Waals surface area contributed by atoms with Crippen LogP contribution in [0.5, 0.6) is 0 Å². The Morgan fingerprint density at radius 1 is 1.20 bits per heavy atom. The monoisotopic (exact) mass is 681 g/mol. The van der Waals surface area contributed by atoms with E-state index in [4.69, 9.17) is 23.5 Å². The molecular formula is C26H37N7O9P2Si. The second-order valence-corrected chi connectivity index (χ2v) is 19.0. The predicted octanol–water partition coefficient (Wildman–Crippen LogP) is 3.75. The summed E-state index contributed by atoms with van der Waals surface area (Å²) in [5.74, 6) is -0.262. The predicted molar refractivity (Wildman–Crippen MR) is 166 cm³/mol. The van der Waals surface area contributed by atoms with Crippen LogP contribution in [-0.4, -0.2) is 75.0 Å². The number of nitriles is 1. The summed E-state index contributed by atoms with van der Waals surface area (Å²) >= 11 is 0. The molecule has 3 aromatic rings. The smallest absolute Gasteiger partial charge is 0.400 e. The van der Waals surface area contributed by atoms with E-state index in [0.717, 1.165) is 0 Å². The summed E-state index contributed by atoms with van der Waals surface area (Å²) in [6.07, 6.45) is -0.468. The number of nitrogens with one attached hydrogen (secondary N) is 2. The maximum atomic E-state index is 12.9. The summed E-state index contributed by atoms with van der Waals surface area (Å²) in [6.45, 7) is 9.53. The van der Waals surface area contributed by atoms with Crippen molar-refractivity contribution in [3.63, 3.8) is 0 Å². The summed E-state index contributed by atoms with van der Waals surface area (Å²) in [5, 5.41) is 13.5. The number of hydrogen-bond donors (Lipinski definition) is 4. The summed E-state index contributed by atoms with van der Waals surface area (Å²) in [4.78, 5) is 45.8. The summed E-state index contributed by atoms with van der Waals surface area (Å²) in [6, 6.07) is 9.29. The molecular weight excluding hydrogens is 644 g/mol. The van der Waals surface area contributed by atoms with E-state index in [0.29, 0.717) is 5.56 Å². The van der Waals surface area contributed by atoms with E-state index in [1.165, 1.54) is 17.2 Å². The van der Waals surface area contributed by atoms with Crippen LogP contribution in [0, 0.1) is 11.3 Å². The number of carbonyl (C=O) groups excluding carboxylic acids is 1. The Labute approximate surface area is 261 Å². The molecule has 19 heteroatoms. The van der Waals surface area contributed by atoms with Gasteiger partial charge in [-0.05, 0) is 30.3 Å². The lowest BCUT2D eigenvalue weighted by molar-refractivity contribution is -0.0438. The molecule has 0 radical (unpaired) electrons. The zero-order chi connectivity index (χ0) is 33.0. The Hall–Kier alpha value is -2.87. The maximum Gasteiger partial charge on any atom is 0.400 e. The zero-order valence-electron chi connectivity index (χ0n) is 25.4. The average Bonchev–Trinajstić information content (AvgIpc) is 3.53. The fraction of sp³-hybridized carbons (Fsp3) is 0.500. The van der Waals surface area contributed by atoms with Crippen molar-refractivity contribution in [2.24, 2.45) is 0 Å². The molecule has 0 aliphatic carbocycles. The van der Waals surface area contributed by atoms with Crippen molar-refractivity contribution in [2.75, 3.05) is 18.5 Å². The van der Waals surface area contributed by atoms with Gasteiger partial charge in [-0.1, -0.05) is 39.0 Å². The highest BCUT2D eigenvalue weighted by Gasteiger charge is 2.52. The standard InChI is InChI=1S/C26H37N7O9P2Si/c1-26(2,3)45(4,5)42-21-19(32-44(36,37)38)18(14-40-43(35)39-13-9-12-27)41-25(21)33-16-30-20-22(28-15-29-23(20)33)31-24(34)17-10-7-6-8-11-17/h6-8,10-11,15-16,18-19,21,25,43H,9,13-14H2,1-5H3,(H,28,29,31,34)(H3,32,36,37,38)/t18-,19-,21-,25-/m1/s1. The molecule has 16 nitrogen and oxygen atoms in total. The highest BCUT2D eigenvalue weighted by Crippen LogP contribution is 2.45. The van der Waals surface area contributed by atoms with Gasteiger partial charge in [-0.15, -0.1) is 0 Å². The molecule has 3 heterocycles. The number of ether oxygens (including phenoxy) is 1. The molecule has 1 aliphatic heterocycles. The molecule has 5 atom stereocenters. The van der Waals surface area contributed by atoms with E-state index < -0.39 is 54.7 Å². The Balaban J connectivity index is 1.72. The van der Waals surface area contributed by atoms with E-state index in [1.807, 2.05) is 39.9 Å². The van der Waals surface area contributed by atoms with Crippen molar-refractivity contribution in [1.29, 1.82) is 5.26 Å². The number of hydrogen-bond acceptors (Lipinski definition) is 11. The fourth-order valence-corrected chi connectivity index (χ4v) is 7.02. The zero-order valence-corrected chi connectivity index (χ0v) is 28.3. The third kappa shape index (κ3) is 8.69. The first-order chi connectivity index (χ1) is 21.1. The van der Waals surface area contributed by atoms with Crippen LogP contribution in [0.2, 0.25) is 18.1 Å². The van der Waals surface area contributed by atoms with Gasteiger partial charge in [0.15, 0.2) is 31.5 Å². The third-order valence-corrected chi connectivity index (χ3v) is 13.6. The number of benzene rings is 1. The molecule has 45 heavy (non-hydrogen) atoms. The summed E-state index contributed by atoms with van der Waals surface area (Å²) in [7, 11) is -10.5. The molecule has 0 bridgehead atoms. The molecule has 1 aromatic carbocycles. The maximum absolute atomic E-state index is 12.9. The van der Waals surface area contributed by atoms with Crippen molar-refractivity contribution in [2.45, 2.75) is 69.8 Å². The molecule has 0 saturated carbocycles. The number of aromatic nitrogens is 4. The van der Waals surface area contributed by atoms with Gasteiger partial charge >= 0.3 is 16.0 Å². The molecule has 4 rings (SSSR count). The number of nitrogens with zero attached hydrogens (tertiary/aromatic N) is 5. The van der Waals surface area contributed by atoms with Crippen molar-refractivity contribution >= 4 is 47.2 Å². The lowest BCUT2D eigenvalue weighted by Crippen LogP contribution is -2.52. The van der Waals surface area contributed by atoms with Gasteiger partial charge in [-0.25, -0.2) is 24.6 Å². The van der Waals surface area contributed by atoms with Gasteiger partial charge in [0.25, 0.3) is 5.91 Å². The van der Waals surface area contributed by atoms with Gasteiger partial charge in [0.1, 0.15) is 18.5 Å². The number of amides is 1. The second kappa shape index (κ2) is 14.3. The molecule has 244 valence electrons. The van der Waals surface area contributed by atoms with Crippen molar-refractivity contribution in [3.8, 4) is 6.07 Å². The van der Waals surface area contributed by atoms with Crippen LogP contribution < -0.4 is 10.4 Å². The lowest BCUT2D eigenvalue weighted by atomic mass is 10.1. The molecule has 1 amide bonds. The summed E-state index contributed by atoms with van der Waals surface area (Å²) < 4.78 is 49.6. The summed E-state index contributed by atoms with van der Waals surface area (Å²) in [5.41, 5.74) is 0.912. The molecule has 1 aliphatic rings. The Morgan fingerprint density at radius 3 is 2.56 bits per heavy atom. The highest BCUT2D eigenvalue weighted by atomic mass is 31.2. The van der Waals surface area contributed by atoms with Gasteiger partial charge in [-0.2, -0.15) is 5.26 Å². The van der Waals surface area contributed by atoms with Gasteiger partial charge < -0.3 is 33.3 Å². The molecule has 1 fully saturated rings. The minimum absolute atomic E-state index is 0.00986. The molecule has 0 spiro atoms. The van der Waals surface area contributed by atoms with E-state index in [1.54, 1.807) is 30.3 Å². The Kier molecular flexibility index (Phi) is 11.1. The number of rotatable bonds is 13. The quantitative estimate of drug-likeness (QED) is 0.115. The van der Waals surface area contributed by atoms with Crippen LogP contribution in [0.1, 0.15) is 43.8 Å². The highest BCUT2D eigenvalue weighted by molar-refractivity contribution is 7.49. The van der Waals surface area contributed by atoms with Crippen molar-refractivity contribution < 1.29 is 41.9 Å². The van der Waals surface area contributed by atoms with Crippen LogP contribution in [0.25, 0.3) is 11.2 Å². The van der Waals surface area contributed by atoms with Crippen LogP contribution >= 0.6 is 16.0 Å². The molecule has 1 saturated heterocycles. The lowest BCUT2D eigenvalue weighted by Gasteiger charge is -2.41. The van der Waals surface area contributed by atoms with Crippen LogP contribution in [0.4, 0.5) is 5.82 Å². The van der Waals surface area contributed by atoms with E-state index in [9.17, 15) is 23.7 Å². The van der Waals surface area contributed by atoms with Crippen LogP contribution in [-0.2, 0) is 27.3 Å². The van der Waals surface area contributed by atoms with Gasteiger partial charge in [0, 0.05) is 5.56 Å². The first-order valence-electron chi connectivity index (χ1n) is 14.0. The van der Waals surface area contributed by atoms with Crippen LogP contribution in [0.15, 0.2) is 43.0 Å². The average molecular weight is 682 g/mol. The van der Waals surface area contributed by atoms with E-state index in [-0.39, 0.29) is 41.7 Å². The van der Waals surface area contributed by atoms with Crippen molar-refractivity contribution in [1.82, 2.24) is 24.6 Å². The van der Waals surface area contributed by atoms with E-state index in [2.05, 4.69) is 25.4 Å². The Bertz CT molecular complexity index is 1610.